The lowest BCUT2D eigenvalue weighted by Crippen LogP contribution is -2.49. The number of hydrogen-bond donors (Lipinski definition) is 1. The largest absolute Gasteiger partial charge is 0.380 e. The van der Waals surface area contributed by atoms with E-state index >= 15 is 0 Å². The van der Waals surface area contributed by atoms with E-state index in [2.05, 4.69) is 24.2 Å². The third-order valence-corrected chi connectivity index (χ3v) is 3.65. The quantitative estimate of drug-likeness (QED) is 0.712. The van der Waals surface area contributed by atoms with E-state index in [-0.39, 0.29) is 0 Å². The average molecular weight is 198 g/mol. The van der Waals surface area contributed by atoms with Crippen molar-refractivity contribution in [1.29, 1.82) is 0 Å². The molecule has 3 heteroatoms. The number of hydrogen-bond acceptors (Lipinski definition) is 3. The van der Waals surface area contributed by atoms with Crippen molar-refractivity contribution < 1.29 is 4.74 Å². The number of rotatable bonds is 2. The summed E-state index contributed by atoms with van der Waals surface area (Å²) in [5.41, 5.74) is 0. The van der Waals surface area contributed by atoms with E-state index in [1.807, 2.05) is 0 Å². The minimum Gasteiger partial charge on any atom is -0.380 e. The molecular weight excluding hydrogens is 176 g/mol. The van der Waals surface area contributed by atoms with Crippen molar-refractivity contribution >= 4 is 0 Å². The van der Waals surface area contributed by atoms with Crippen molar-refractivity contribution in [3.8, 4) is 0 Å². The summed E-state index contributed by atoms with van der Waals surface area (Å²) in [7, 11) is 2.27. The van der Waals surface area contributed by atoms with Crippen molar-refractivity contribution in [1.82, 2.24) is 10.2 Å². The Labute approximate surface area is 86.8 Å². The number of likely N-dealkylation sites (N-methyl/N-ethyl adjacent to an activating group) is 1. The highest BCUT2D eigenvalue weighted by Gasteiger charge is 2.28. The van der Waals surface area contributed by atoms with Gasteiger partial charge in [-0.3, -0.25) is 4.90 Å². The summed E-state index contributed by atoms with van der Waals surface area (Å²) in [5, 5.41) is 3.50. The van der Waals surface area contributed by atoms with Gasteiger partial charge in [0.15, 0.2) is 0 Å². The molecule has 2 aliphatic rings. The second-order valence-corrected chi connectivity index (χ2v) is 4.72. The summed E-state index contributed by atoms with van der Waals surface area (Å²) in [5.74, 6) is 0. The summed E-state index contributed by atoms with van der Waals surface area (Å²) in [4.78, 5) is 2.55. The van der Waals surface area contributed by atoms with Crippen LogP contribution in [0.5, 0.6) is 0 Å². The van der Waals surface area contributed by atoms with Gasteiger partial charge in [0, 0.05) is 24.7 Å². The maximum Gasteiger partial charge on any atom is 0.0622 e. The minimum atomic E-state index is 0.672. The van der Waals surface area contributed by atoms with E-state index in [0.717, 1.165) is 19.3 Å². The van der Waals surface area contributed by atoms with Crippen LogP contribution in [0.4, 0.5) is 0 Å². The van der Waals surface area contributed by atoms with Crippen molar-refractivity contribution in [3.05, 3.63) is 0 Å². The second kappa shape index (κ2) is 4.60. The van der Waals surface area contributed by atoms with Gasteiger partial charge in [0.05, 0.1) is 6.61 Å². The molecule has 0 spiro atoms. The molecule has 2 saturated heterocycles. The monoisotopic (exact) mass is 198 g/mol. The molecule has 2 rings (SSSR count). The molecule has 0 amide bonds. The third kappa shape index (κ3) is 2.27. The SMILES string of the molecule is CC1CC(N(C)C2CCOC2)CCN1. The van der Waals surface area contributed by atoms with Crippen LogP contribution < -0.4 is 5.32 Å². The van der Waals surface area contributed by atoms with Gasteiger partial charge in [-0.1, -0.05) is 0 Å². The van der Waals surface area contributed by atoms with Crippen LogP contribution in [0.25, 0.3) is 0 Å². The summed E-state index contributed by atoms with van der Waals surface area (Å²) in [6, 6.07) is 2.11. The summed E-state index contributed by atoms with van der Waals surface area (Å²) in [6.07, 6.45) is 3.79. The van der Waals surface area contributed by atoms with Crippen molar-refractivity contribution in [2.75, 3.05) is 26.8 Å². The first kappa shape index (κ1) is 10.4. The molecule has 2 aliphatic heterocycles. The maximum atomic E-state index is 5.44. The van der Waals surface area contributed by atoms with Gasteiger partial charge in [0.25, 0.3) is 0 Å². The molecule has 0 bridgehead atoms. The highest BCUT2D eigenvalue weighted by molar-refractivity contribution is 4.85. The van der Waals surface area contributed by atoms with Gasteiger partial charge >= 0.3 is 0 Å². The number of nitrogens with one attached hydrogen (secondary N) is 1. The highest BCUT2D eigenvalue weighted by Crippen LogP contribution is 2.20. The van der Waals surface area contributed by atoms with Crippen LogP contribution in [-0.4, -0.2) is 49.8 Å². The molecule has 3 unspecified atom stereocenters. The van der Waals surface area contributed by atoms with Gasteiger partial charge < -0.3 is 10.1 Å². The lowest BCUT2D eigenvalue weighted by Gasteiger charge is -2.37. The normalized spacial score (nSPS) is 39.2. The minimum absolute atomic E-state index is 0.672. The zero-order valence-electron chi connectivity index (χ0n) is 9.33. The summed E-state index contributed by atoms with van der Waals surface area (Å²) >= 11 is 0. The fourth-order valence-corrected chi connectivity index (χ4v) is 2.62. The van der Waals surface area contributed by atoms with Crippen LogP contribution in [0.1, 0.15) is 26.2 Å². The van der Waals surface area contributed by atoms with Gasteiger partial charge in [0.1, 0.15) is 0 Å². The Bertz CT molecular complexity index is 180. The smallest absolute Gasteiger partial charge is 0.0622 e. The lowest BCUT2D eigenvalue weighted by atomic mass is 9.98. The molecule has 0 aliphatic carbocycles. The van der Waals surface area contributed by atoms with E-state index in [4.69, 9.17) is 4.74 Å². The Hall–Kier alpha value is -0.120. The fraction of sp³-hybridized carbons (Fsp3) is 1.00. The Balaban J connectivity index is 1.86. The molecule has 0 saturated carbocycles. The molecular formula is C11H22N2O. The molecule has 82 valence electrons. The maximum absolute atomic E-state index is 5.44. The first-order chi connectivity index (χ1) is 6.77. The number of piperidine rings is 1. The van der Waals surface area contributed by atoms with E-state index < -0.39 is 0 Å². The lowest BCUT2D eigenvalue weighted by molar-refractivity contribution is 0.108. The molecule has 2 fully saturated rings. The molecule has 14 heavy (non-hydrogen) atoms. The fourth-order valence-electron chi connectivity index (χ4n) is 2.62. The topological polar surface area (TPSA) is 24.5 Å². The van der Waals surface area contributed by atoms with Crippen LogP contribution >= 0.6 is 0 Å². The zero-order valence-corrected chi connectivity index (χ0v) is 9.33. The van der Waals surface area contributed by atoms with Gasteiger partial charge in [-0.05, 0) is 39.8 Å². The second-order valence-electron chi connectivity index (χ2n) is 4.72. The Morgan fingerprint density at radius 3 is 2.79 bits per heavy atom. The van der Waals surface area contributed by atoms with Crippen LogP contribution in [0.3, 0.4) is 0 Å². The van der Waals surface area contributed by atoms with Crippen molar-refractivity contribution in [3.63, 3.8) is 0 Å². The predicted octanol–water partition coefficient (Wildman–Crippen LogP) is 0.848. The Morgan fingerprint density at radius 2 is 2.14 bits per heavy atom. The molecule has 2 heterocycles. The molecule has 0 aromatic heterocycles. The van der Waals surface area contributed by atoms with E-state index in [1.54, 1.807) is 0 Å². The van der Waals surface area contributed by atoms with Gasteiger partial charge in [0.2, 0.25) is 0 Å². The molecule has 3 nitrogen and oxygen atoms in total. The van der Waals surface area contributed by atoms with Crippen LogP contribution in [-0.2, 0) is 4.74 Å². The zero-order chi connectivity index (χ0) is 9.97. The van der Waals surface area contributed by atoms with Crippen LogP contribution in [0, 0.1) is 0 Å². The summed E-state index contributed by atoms with van der Waals surface area (Å²) in [6.45, 7) is 5.35. The van der Waals surface area contributed by atoms with E-state index in [0.29, 0.717) is 12.1 Å². The standard InChI is InChI=1S/C11H22N2O/c1-9-7-10(3-5-12-9)13(2)11-4-6-14-8-11/h9-12H,3-8H2,1-2H3. The first-order valence-electron chi connectivity index (χ1n) is 5.80. The van der Waals surface area contributed by atoms with Crippen molar-refractivity contribution in [2.24, 2.45) is 0 Å². The van der Waals surface area contributed by atoms with Gasteiger partial charge in [-0.15, -0.1) is 0 Å². The molecule has 1 N–H and O–H groups in total. The highest BCUT2D eigenvalue weighted by atomic mass is 16.5. The number of ether oxygens (including phenoxy) is 1. The van der Waals surface area contributed by atoms with Gasteiger partial charge in [-0.2, -0.15) is 0 Å². The molecule has 0 aromatic rings. The van der Waals surface area contributed by atoms with Crippen LogP contribution in [0.2, 0.25) is 0 Å². The molecule has 0 aromatic carbocycles. The van der Waals surface area contributed by atoms with E-state index in [9.17, 15) is 0 Å². The average Bonchev–Trinajstić information content (AvgIpc) is 2.69. The molecule has 0 radical (unpaired) electrons. The first-order valence-corrected chi connectivity index (χ1v) is 5.80. The van der Waals surface area contributed by atoms with Crippen LogP contribution in [0.15, 0.2) is 0 Å². The third-order valence-electron chi connectivity index (χ3n) is 3.65. The Morgan fingerprint density at radius 1 is 1.29 bits per heavy atom. The van der Waals surface area contributed by atoms with E-state index in [1.165, 1.54) is 25.8 Å². The van der Waals surface area contributed by atoms with Gasteiger partial charge in [-0.25, -0.2) is 0 Å². The predicted molar refractivity (Wildman–Crippen MR) is 57.5 cm³/mol. The van der Waals surface area contributed by atoms with Crippen molar-refractivity contribution in [2.45, 2.75) is 44.3 Å². The summed E-state index contributed by atoms with van der Waals surface area (Å²) < 4.78 is 5.44. The molecule has 3 atom stereocenters. The number of nitrogens with zero attached hydrogens (tertiary/aromatic N) is 1. The Kier molecular flexibility index (Phi) is 3.42.